The smallest absolute Gasteiger partial charge is 0.143 e. The lowest BCUT2D eigenvalue weighted by atomic mass is 10.0. The van der Waals surface area contributed by atoms with Crippen LogP contribution < -0.4 is 0 Å². The average molecular weight is 1300 g/mol. The van der Waals surface area contributed by atoms with E-state index in [-0.39, 0.29) is 0 Å². The van der Waals surface area contributed by atoms with E-state index in [1.807, 2.05) is 24.3 Å². The summed E-state index contributed by atoms with van der Waals surface area (Å²) < 4.78 is 22.4. The van der Waals surface area contributed by atoms with Crippen molar-refractivity contribution in [2.75, 3.05) is 0 Å². The van der Waals surface area contributed by atoms with Crippen molar-refractivity contribution >= 4 is 131 Å². The molecule has 22 aromatic rings. The highest BCUT2D eigenvalue weighted by atomic mass is 16.3. The number of nitrogens with zero attached hydrogens (tertiary/aromatic N) is 4. The lowest BCUT2D eigenvalue weighted by molar-refractivity contribution is 0.669. The third-order valence-electron chi connectivity index (χ3n) is 21.1. The van der Waals surface area contributed by atoms with Gasteiger partial charge in [-0.2, -0.15) is 0 Å². The predicted octanol–water partition coefficient (Wildman–Crippen LogP) is 26.2. The van der Waals surface area contributed by atoms with E-state index >= 15 is 0 Å². The molecule has 0 amide bonds. The molecule has 16 aromatic carbocycles. The Morgan fingerprint density at radius 1 is 0.157 bits per heavy atom. The fourth-order valence-corrected chi connectivity index (χ4v) is 16.4. The van der Waals surface area contributed by atoms with E-state index in [2.05, 4.69) is 358 Å². The second-order valence-electron chi connectivity index (χ2n) is 26.7. The molecule has 6 aromatic heterocycles. The van der Waals surface area contributed by atoms with Crippen LogP contribution in [0.15, 0.2) is 373 Å². The highest BCUT2D eigenvalue weighted by Crippen LogP contribution is 2.44. The minimum absolute atomic E-state index is 0.913. The zero-order valence-electron chi connectivity index (χ0n) is 55.2. The molecule has 6 nitrogen and oxygen atoms in total. The maximum absolute atomic E-state index is 6.45. The zero-order chi connectivity index (χ0) is 66.9. The van der Waals surface area contributed by atoms with Gasteiger partial charge in [0, 0.05) is 98.5 Å². The van der Waals surface area contributed by atoms with E-state index in [1.165, 1.54) is 121 Å². The Hall–Kier alpha value is -13.7. The maximum atomic E-state index is 6.45. The lowest BCUT2D eigenvalue weighted by Crippen LogP contribution is -1.94. The third-order valence-corrected chi connectivity index (χ3v) is 21.1. The second-order valence-corrected chi connectivity index (χ2v) is 26.7. The van der Waals surface area contributed by atoms with Gasteiger partial charge in [-0.05, 0) is 161 Å². The van der Waals surface area contributed by atoms with Gasteiger partial charge < -0.3 is 27.1 Å². The molecule has 0 N–H and O–H groups in total. The molecular weight excluding hydrogens is 1240 g/mol. The molecule has 0 spiro atoms. The van der Waals surface area contributed by atoms with Crippen LogP contribution in [-0.4, -0.2) is 18.3 Å². The largest absolute Gasteiger partial charge is 0.455 e. The van der Waals surface area contributed by atoms with Crippen molar-refractivity contribution in [1.29, 1.82) is 0 Å². The minimum atomic E-state index is 0.913. The van der Waals surface area contributed by atoms with E-state index < -0.39 is 0 Å². The number of rotatable bonds is 8. The Morgan fingerprint density at radius 3 is 0.873 bits per heavy atom. The summed E-state index contributed by atoms with van der Waals surface area (Å²) in [6.07, 6.45) is 0. The third kappa shape index (κ3) is 8.99. The summed E-state index contributed by atoms with van der Waals surface area (Å²) in [7, 11) is 0. The van der Waals surface area contributed by atoms with Gasteiger partial charge in [0.2, 0.25) is 0 Å². The van der Waals surface area contributed by atoms with Crippen LogP contribution in [0.3, 0.4) is 0 Å². The van der Waals surface area contributed by atoms with Gasteiger partial charge in [0.1, 0.15) is 22.3 Å². The Labute approximate surface area is 585 Å². The molecule has 0 radical (unpaired) electrons. The summed E-state index contributed by atoms with van der Waals surface area (Å²) in [4.78, 5) is 0. The van der Waals surface area contributed by atoms with Crippen LogP contribution in [0.2, 0.25) is 0 Å². The number of hydrogen-bond acceptors (Lipinski definition) is 2. The van der Waals surface area contributed by atoms with Crippen molar-refractivity contribution < 1.29 is 8.83 Å². The first-order valence-electron chi connectivity index (χ1n) is 34.9. The molecule has 0 aliphatic rings. The molecule has 0 saturated carbocycles. The van der Waals surface area contributed by atoms with Crippen molar-refractivity contribution in [2.24, 2.45) is 0 Å². The van der Waals surface area contributed by atoms with Crippen LogP contribution in [0.4, 0.5) is 0 Å². The molecule has 102 heavy (non-hydrogen) atoms. The van der Waals surface area contributed by atoms with Crippen molar-refractivity contribution in [1.82, 2.24) is 18.3 Å². The summed E-state index contributed by atoms with van der Waals surface area (Å²) >= 11 is 0. The molecule has 6 heterocycles. The van der Waals surface area contributed by atoms with E-state index in [1.54, 1.807) is 0 Å². The topological polar surface area (TPSA) is 46.0 Å². The summed E-state index contributed by atoms with van der Waals surface area (Å²) in [5.74, 6) is 0. The Kier molecular flexibility index (Phi) is 12.9. The van der Waals surface area contributed by atoms with E-state index in [4.69, 9.17) is 8.83 Å². The van der Waals surface area contributed by atoms with Gasteiger partial charge in [0.15, 0.2) is 0 Å². The maximum Gasteiger partial charge on any atom is 0.143 e. The van der Waals surface area contributed by atoms with Crippen molar-refractivity contribution in [3.63, 3.8) is 0 Å². The average Bonchev–Trinajstić information content (AvgIpc) is 1.60. The van der Waals surface area contributed by atoms with Crippen LogP contribution in [0.25, 0.3) is 198 Å². The SMILES string of the molecule is c1ccc(-n2c3ccccc3c3cc(-c4ccc(-n5c6ccccc6c6cc(-c7cccc8c7oc7ccccc78)ccc65)cc4)ccc32)cc1.c1ccc(-n2c3ccccc3c3cc(-c4ccc(-n5c6ccccc6c6ccc(-c7cccc8c7oc7ccccc78)cc65)cc4)ccc32)cc1. The van der Waals surface area contributed by atoms with Crippen molar-refractivity contribution in [3.8, 4) is 67.3 Å². The molecular formula is C96H60N4O2. The van der Waals surface area contributed by atoms with E-state index in [0.29, 0.717) is 0 Å². The first-order chi connectivity index (χ1) is 50.6. The molecule has 0 atom stereocenters. The Balaban J connectivity index is 0.000000133. The van der Waals surface area contributed by atoms with Crippen LogP contribution in [0, 0.1) is 0 Å². The van der Waals surface area contributed by atoms with Gasteiger partial charge in [-0.1, -0.05) is 237 Å². The summed E-state index contributed by atoms with van der Waals surface area (Å²) in [6.45, 7) is 0. The van der Waals surface area contributed by atoms with Gasteiger partial charge in [-0.25, -0.2) is 0 Å². The van der Waals surface area contributed by atoms with Gasteiger partial charge in [-0.3, -0.25) is 0 Å². The number of para-hydroxylation sites is 10. The molecule has 0 aliphatic heterocycles. The van der Waals surface area contributed by atoms with Crippen LogP contribution >= 0.6 is 0 Å². The highest BCUT2D eigenvalue weighted by molar-refractivity contribution is 6.17. The molecule has 6 heteroatoms. The van der Waals surface area contributed by atoms with E-state index in [0.717, 1.165) is 77.5 Å². The van der Waals surface area contributed by atoms with Gasteiger partial charge in [0.25, 0.3) is 0 Å². The van der Waals surface area contributed by atoms with Crippen molar-refractivity contribution in [2.45, 2.75) is 0 Å². The van der Waals surface area contributed by atoms with Gasteiger partial charge in [0.05, 0.1) is 44.1 Å². The highest BCUT2D eigenvalue weighted by Gasteiger charge is 2.21. The lowest BCUT2D eigenvalue weighted by Gasteiger charge is -2.11. The fraction of sp³-hybridized carbons (Fsp3) is 0. The molecule has 22 rings (SSSR count). The monoisotopic (exact) mass is 1300 g/mol. The first-order valence-corrected chi connectivity index (χ1v) is 34.9. The number of aromatic nitrogens is 4. The number of fused-ring (bicyclic) bond motifs is 18. The normalized spacial score (nSPS) is 11.9. The standard InChI is InChI=1S/2C48H30N2O/c1-2-11-34(12-3-1)49-44-19-8-5-14-38(44)42-29-32(24-28-45(42)49)31-21-25-35(26-22-31)50-43-18-7-4-13-37(43)39-27-23-33(30-46(39)50)36-16-10-17-41-40-15-6-9-20-47(40)51-48(36)41;1-2-11-34(12-3-1)49-43-18-7-4-13-37(43)41-29-32(23-27-45(41)49)31-21-25-35(26-22-31)50-44-19-8-5-14-38(44)42-30-33(24-28-46(42)50)36-16-10-17-40-39-15-6-9-20-47(39)51-48(36)40/h2*1-30H. The van der Waals surface area contributed by atoms with Crippen LogP contribution in [-0.2, 0) is 0 Å². The summed E-state index contributed by atoms with van der Waals surface area (Å²) in [6, 6.07) is 131. The second kappa shape index (κ2) is 23.0. The van der Waals surface area contributed by atoms with Crippen LogP contribution in [0.1, 0.15) is 0 Å². The molecule has 0 unspecified atom stereocenters. The predicted molar refractivity (Wildman–Crippen MR) is 427 cm³/mol. The minimum Gasteiger partial charge on any atom is -0.455 e. The van der Waals surface area contributed by atoms with Crippen molar-refractivity contribution in [3.05, 3.63) is 364 Å². The first kappa shape index (κ1) is 57.4. The quantitative estimate of drug-likeness (QED) is 0.152. The molecule has 0 saturated heterocycles. The Bertz CT molecular complexity index is 7090. The molecule has 0 bridgehead atoms. The fourth-order valence-electron chi connectivity index (χ4n) is 16.4. The molecule has 476 valence electrons. The molecule has 0 aliphatic carbocycles. The molecule has 0 fully saturated rings. The van der Waals surface area contributed by atoms with Gasteiger partial charge in [-0.15, -0.1) is 0 Å². The number of benzene rings is 16. The Morgan fingerprint density at radius 2 is 0.441 bits per heavy atom. The van der Waals surface area contributed by atoms with Gasteiger partial charge >= 0.3 is 0 Å². The number of hydrogen-bond donors (Lipinski definition) is 0. The summed E-state index contributed by atoms with van der Waals surface area (Å²) in [5.41, 5.74) is 27.2. The summed E-state index contributed by atoms with van der Waals surface area (Å²) in [5, 5.41) is 14.5. The van der Waals surface area contributed by atoms with E-state index in [9.17, 15) is 0 Å². The zero-order valence-corrected chi connectivity index (χ0v) is 55.2. The number of furan rings is 2. The van der Waals surface area contributed by atoms with Crippen LogP contribution in [0.5, 0.6) is 0 Å².